The highest BCUT2D eigenvalue weighted by molar-refractivity contribution is 7.12. The first-order chi connectivity index (χ1) is 19.9. The van der Waals surface area contributed by atoms with Gasteiger partial charge < -0.3 is 9.80 Å². The van der Waals surface area contributed by atoms with Crippen molar-refractivity contribution in [3.63, 3.8) is 0 Å². The average Bonchev–Trinajstić information content (AvgIpc) is 3.69. The number of rotatable bonds is 9. The topological polar surface area (TPSA) is 58.4 Å². The molecule has 0 saturated carbocycles. The van der Waals surface area contributed by atoms with E-state index >= 15 is 0 Å². The molecule has 1 saturated heterocycles. The van der Waals surface area contributed by atoms with E-state index in [4.69, 9.17) is 0 Å². The number of ketones is 2. The number of anilines is 1. The molecule has 3 heterocycles. The SMILES string of the molecule is CN(C)C1CCN(c2ccc(C(=O)Cc3ccc(-n4ncc5cc(CC(=O)c6cccs6)ccc54)cc3)cc2)CC1. The Labute approximate surface area is 244 Å². The number of hydrogen-bond acceptors (Lipinski definition) is 6. The first-order valence-electron chi connectivity index (χ1n) is 14.1. The average molecular weight is 563 g/mol. The molecule has 0 amide bonds. The quantitative estimate of drug-likeness (QED) is 0.193. The van der Waals surface area contributed by atoms with E-state index in [1.54, 1.807) is 0 Å². The van der Waals surface area contributed by atoms with Crippen molar-refractivity contribution in [2.75, 3.05) is 32.1 Å². The third-order valence-corrected chi connectivity index (χ3v) is 9.00. The summed E-state index contributed by atoms with van der Waals surface area (Å²) in [6.07, 6.45) is 4.89. The first-order valence-corrected chi connectivity index (χ1v) is 15.0. The highest BCUT2D eigenvalue weighted by atomic mass is 32.1. The highest BCUT2D eigenvalue weighted by Crippen LogP contribution is 2.24. The Hall–Kier alpha value is -4.07. The smallest absolute Gasteiger partial charge is 0.177 e. The minimum Gasteiger partial charge on any atom is -0.371 e. The summed E-state index contributed by atoms with van der Waals surface area (Å²) < 4.78 is 1.89. The van der Waals surface area contributed by atoms with E-state index in [-0.39, 0.29) is 11.6 Å². The molecule has 5 aromatic rings. The van der Waals surface area contributed by atoms with E-state index in [1.807, 2.05) is 83.0 Å². The van der Waals surface area contributed by atoms with Crippen LogP contribution < -0.4 is 4.90 Å². The highest BCUT2D eigenvalue weighted by Gasteiger charge is 2.21. The summed E-state index contributed by atoms with van der Waals surface area (Å²) in [5.41, 5.74) is 5.79. The zero-order valence-electron chi connectivity index (χ0n) is 23.5. The maximum atomic E-state index is 13.0. The maximum absolute atomic E-state index is 13.0. The predicted molar refractivity (Wildman–Crippen MR) is 167 cm³/mol. The molecule has 2 aromatic heterocycles. The van der Waals surface area contributed by atoms with E-state index in [0.29, 0.717) is 18.9 Å². The van der Waals surface area contributed by atoms with Gasteiger partial charge in [-0.3, -0.25) is 9.59 Å². The normalized spacial score (nSPS) is 14.2. The van der Waals surface area contributed by atoms with Crippen LogP contribution >= 0.6 is 11.3 Å². The van der Waals surface area contributed by atoms with Crippen LogP contribution in [0.3, 0.4) is 0 Å². The molecule has 41 heavy (non-hydrogen) atoms. The standard InChI is InChI=1S/C34H34N4O2S/c1-36(2)28-15-17-37(18-16-28)29-12-8-26(9-13-29)32(39)21-24-5-10-30(11-6-24)38-31-14-7-25(20-27(31)23-35-38)22-33(40)34-4-3-19-41-34/h3-14,19-20,23,28H,15-18,21-22H2,1-2H3. The second-order valence-electron chi connectivity index (χ2n) is 11.0. The summed E-state index contributed by atoms with van der Waals surface area (Å²) in [6.45, 7) is 2.09. The van der Waals surface area contributed by atoms with E-state index in [1.165, 1.54) is 17.0 Å². The molecule has 0 radical (unpaired) electrons. The van der Waals surface area contributed by atoms with Crippen LogP contribution in [-0.4, -0.2) is 59.5 Å². The fourth-order valence-corrected chi connectivity index (χ4v) is 6.31. The van der Waals surface area contributed by atoms with Crippen LogP contribution in [0.5, 0.6) is 0 Å². The lowest BCUT2D eigenvalue weighted by molar-refractivity contribution is 0.0986. The lowest BCUT2D eigenvalue weighted by Crippen LogP contribution is -2.41. The number of carbonyl (C=O) groups is 2. The molecule has 208 valence electrons. The van der Waals surface area contributed by atoms with Gasteiger partial charge in [-0.25, -0.2) is 4.68 Å². The van der Waals surface area contributed by atoms with Gasteiger partial charge >= 0.3 is 0 Å². The van der Waals surface area contributed by atoms with E-state index in [9.17, 15) is 9.59 Å². The van der Waals surface area contributed by atoms with Gasteiger partial charge in [-0.05, 0) is 98.0 Å². The number of benzene rings is 3. The van der Waals surface area contributed by atoms with Crippen molar-refractivity contribution in [3.05, 3.63) is 112 Å². The number of piperidine rings is 1. The lowest BCUT2D eigenvalue weighted by atomic mass is 10.0. The van der Waals surface area contributed by atoms with Crippen LogP contribution in [0.4, 0.5) is 5.69 Å². The fourth-order valence-electron chi connectivity index (χ4n) is 5.65. The molecule has 1 fully saturated rings. The van der Waals surface area contributed by atoms with Crippen LogP contribution in [0.25, 0.3) is 16.6 Å². The van der Waals surface area contributed by atoms with Crippen LogP contribution in [0, 0.1) is 0 Å². The van der Waals surface area contributed by atoms with Crippen LogP contribution in [0.1, 0.15) is 44.0 Å². The maximum Gasteiger partial charge on any atom is 0.177 e. The number of thiophene rings is 1. The molecule has 0 aliphatic carbocycles. The predicted octanol–water partition coefficient (Wildman–Crippen LogP) is 6.47. The summed E-state index contributed by atoms with van der Waals surface area (Å²) in [5.74, 6) is 0.248. The summed E-state index contributed by atoms with van der Waals surface area (Å²) in [5, 5.41) is 7.51. The third-order valence-electron chi connectivity index (χ3n) is 8.09. The molecule has 1 aliphatic rings. The van der Waals surface area contributed by atoms with E-state index in [2.05, 4.69) is 41.1 Å². The van der Waals surface area contributed by atoms with Crippen LogP contribution in [0.15, 0.2) is 90.4 Å². The number of carbonyl (C=O) groups excluding carboxylic acids is 2. The Bertz CT molecular complexity index is 1650. The molecule has 0 unspecified atom stereocenters. The number of hydrogen-bond donors (Lipinski definition) is 0. The molecular weight excluding hydrogens is 528 g/mol. The third kappa shape index (κ3) is 6.01. The van der Waals surface area contributed by atoms with Crippen LogP contribution in [0.2, 0.25) is 0 Å². The molecule has 3 aromatic carbocycles. The van der Waals surface area contributed by atoms with Crippen molar-refractivity contribution in [3.8, 4) is 5.69 Å². The molecule has 0 spiro atoms. The number of aromatic nitrogens is 2. The van der Waals surface area contributed by atoms with Gasteiger partial charge in [0.05, 0.1) is 22.3 Å². The molecule has 0 N–H and O–H groups in total. The minimum atomic E-state index is 0.116. The Morgan fingerprint density at radius 3 is 2.22 bits per heavy atom. The zero-order valence-corrected chi connectivity index (χ0v) is 24.3. The number of Topliss-reactive ketones (excluding diaryl/α,β-unsaturated/α-hetero) is 2. The Kier molecular flexibility index (Phi) is 7.81. The summed E-state index contributed by atoms with van der Waals surface area (Å²) in [6, 6.07) is 26.6. The Morgan fingerprint density at radius 2 is 1.54 bits per heavy atom. The van der Waals surface area contributed by atoms with Gasteiger partial charge in [0.15, 0.2) is 11.6 Å². The largest absolute Gasteiger partial charge is 0.371 e. The van der Waals surface area contributed by atoms with Gasteiger partial charge in [0.2, 0.25) is 0 Å². The van der Waals surface area contributed by atoms with Gasteiger partial charge in [-0.2, -0.15) is 5.10 Å². The van der Waals surface area contributed by atoms with Gasteiger partial charge in [0.1, 0.15) is 0 Å². The van der Waals surface area contributed by atoms with Crippen molar-refractivity contribution in [1.82, 2.24) is 14.7 Å². The van der Waals surface area contributed by atoms with E-state index in [0.717, 1.165) is 64.1 Å². The first kappa shape index (κ1) is 27.1. The summed E-state index contributed by atoms with van der Waals surface area (Å²) >= 11 is 1.48. The van der Waals surface area contributed by atoms with E-state index < -0.39 is 0 Å². The summed E-state index contributed by atoms with van der Waals surface area (Å²) in [4.78, 5) is 31.1. The van der Waals surface area contributed by atoms with Gasteiger partial charge in [-0.1, -0.05) is 24.3 Å². The summed E-state index contributed by atoms with van der Waals surface area (Å²) in [7, 11) is 4.31. The van der Waals surface area contributed by atoms with Crippen molar-refractivity contribution in [2.24, 2.45) is 0 Å². The monoisotopic (exact) mass is 562 g/mol. The molecule has 6 rings (SSSR count). The van der Waals surface area contributed by atoms with Crippen molar-refractivity contribution in [1.29, 1.82) is 0 Å². The number of fused-ring (bicyclic) bond motifs is 1. The van der Waals surface area contributed by atoms with Gasteiger partial charge in [-0.15, -0.1) is 11.3 Å². The van der Waals surface area contributed by atoms with Crippen LogP contribution in [-0.2, 0) is 12.8 Å². The lowest BCUT2D eigenvalue weighted by Gasteiger charge is -2.36. The molecule has 1 aliphatic heterocycles. The Morgan fingerprint density at radius 1 is 0.854 bits per heavy atom. The molecular formula is C34H34N4O2S. The zero-order chi connectivity index (χ0) is 28.3. The molecule has 7 heteroatoms. The molecule has 0 atom stereocenters. The van der Waals surface area contributed by atoms with Gasteiger partial charge in [0, 0.05) is 48.6 Å². The van der Waals surface area contributed by atoms with Crippen molar-refractivity contribution < 1.29 is 9.59 Å². The Balaban J connectivity index is 1.08. The fraction of sp³-hybridized carbons (Fsp3) is 0.265. The van der Waals surface area contributed by atoms with Crippen molar-refractivity contribution in [2.45, 2.75) is 31.7 Å². The molecule has 0 bridgehead atoms. The second-order valence-corrected chi connectivity index (χ2v) is 12.0. The minimum absolute atomic E-state index is 0.116. The molecule has 6 nitrogen and oxygen atoms in total. The second kappa shape index (κ2) is 11.8. The van der Waals surface area contributed by atoms with Crippen molar-refractivity contribution >= 4 is 39.5 Å². The van der Waals surface area contributed by atoms with Gasteiger partial charge in [0.25, 0.3) is 0 Å². The number of nitrogens with zero attached hydrogens (tertiary/aromatic N) is 4.